The van der Waals surface area contributed by atoms with E-state index in [1.54, 1.807) is 19.1 Å². The highest BCUT2D eigenvalue weighted by atomic mass is 19.1. The van der Waals surface area contributed by atoms with Crippen molar-refractivity contribution < 1.29 is 4.39 Å². The maximum atomic E-state index is 13.2. The fourth-order valence-corrected chi connectivity index (χ4v) is 1.21. The summed E-state index contributed by atoms with van der Waals surface area (Å²) in [5, 5.41) is 2.85. The molecular weight excluding hydrogens is 205 g/mol. The van der Waals surface area contributed by atoms with Crippen LogP contribution in [0.2, 0.25) is 0 Å². The number of rotatable bonds is 1. The van der Waals surface area contributed by atoms with Crippen LogP contribution in [0.15, 0.2) is 23.2 Å². The Bertz CT molecular complexity index is 405. The lowest BCUT2D eigenvalue weighted by Crippen LogP contribution is -2.27. The van der Waals surface area contributed by atoms with Gasteiger partial charge in [0.1, 0.15) is 5.82 Å². The summed E-state index contributed by atoms with van der Waals surface area (Å²) < 4.78 is 13.2. The summed E-state index contributed by atoms with van der Waals surface area (Å²) in [5.74, 6) is 0.0318. The molecule has 0 radical (unpaired) electrons. The summed E-state index contributed by atoms with van der Waals surface area (Å²) in [6, 6.07) is 4.87. The molecule has 88 valence electrons. The summed E-state index contributed by atoms with van der Waals surface area (Å²) in [5.41, 5.74) is 6.66. The molecule has 1 aromatic carbocycles. The van der Waals surface area contributed by atoms with Gasteiger partial charge in [-0.05, 0) is 45.4 Å². The highest BCUT2D eigenvalue weighted by molar-refractivity contribution is 5.92. The number of anilines is 1. The molecule has 0 saturated heterocycles. The van der Waals surface area contributed by atoms with E-state index in [1.165, 1.54) is 6.07 Å². The van der Waals surface area contributed by atoms with Gasteiger partial charge in [0, 0.05) is 5.69 Å². The minimum absolute atomic E-state index is 0.250. The van der Waals surface area contributed by atoms with Crippen LogP contribution in [0.3, 0.4) is 0 Å². The lowest BCUT2D eigenvalue weighted by Gasteiger charge is -2.14. The highest BCUT2D eigenvalue weighted by Crippen LogP contribution is 2.14. The topological polar surface area (TPSA) is 50.4 Å². The Hall–Kier alpha value is -1.58. The first kappa shape index (κ1) is 12.5. The zero-order chi connectivity index (χ0) is 12.3. The van der Waals surface area contributed by atoms with Crippen molar-refractivity contribution in [1.82, 2.24) is 0 Å². The molecule has 0 aliphatic rings. The Morgan fingerprint density at radius 3 is 2.50 bits per heavy atom. The second kappa shape index (κ2) is 4.51. The van der Waals surface area contributed by atoms with Gasteiger partial charge in [0.25, 0.3) is 0 Å². The van der Waals surface area contributed by atoms with Gasteiger partial charge < -0.3 is 11.1 Å². The molecule has 0 aliphatic carbocycles. The van der Waals surface area contributed by atoms with Gasteiger partial charge in [0.2, 0.25) is 0 Å². The number of aliphatic imine (C=N–C) groups is 1. The minimum Gasteiger partial charge on any atom is -0.370 e. The van der Waals surface area contributed by atoms with Gasteiger partial charge in [-0.1, -0.05) is 6.07 Å². The summed E-state index contributed by atoms with van der Waals surface area (Å²) in [6.45, 7) is 7.54. The Morgan fingerprint density at radius 2 is 2.00 bits per heavy atom. The third kappa shape index (κ3) is 3.88. The van der Waals surface area contributed by atoms with E-state index in [2.05, 4.69) is 10.3 Å². The molecule has 4 heteroatoms. The molecule has 0 bridgehead atoms. The summed E-state index contributed by atoms with van der Waals surface area (Å²) in [7, 11) is 0. The molecular formula is C12H18FN3. The van der Waals surface area contributed by atoms with Crippen LogP contribution in [-0.4, -0.2) is 11.5 Å². The number of nitrogens with two attached hydrogens (primary N) is 1. The smallest absolute Gasteiger partial charge is 0.193 e. The molecule has 1 aromatic rings. The second-order valence-corrected chi connectivity index (χ2v) is 4.76. The van der Waals surface area contributed by atoms with E-state index in [4.69, 9.17) is 5.73 Å². The van der Waals surface area contributed by atoms with E-state index in [9.17, 15) is 4.39 Å². The predicted octanol–water partition coefficient (Wildman–Crippen LogP) is 2.66. The number of aryl methyl sites for hydroxylation is 1. The quantitative estimate of drug-likeness (QED) is 0.568. The normalized spacial score (nSPS) is 12.7. The van der Waals surface area contributed by atoms with Crippen LogP contribution in [-0.2, 0) is 0 Å². The van der Waals surface area contributed by atoms with E-state index in [1.807, 2.05) is 20.8 Å². The molecule has 0 heterocycles. The molecule has 0 aromatic heterocycles. The largest absolute Gasteiger partial charge is 0.370 e. The van der Waals surface area contributed by atoms with Gasteiger partial charge in [-0.3, -0.25) is 0 Å². The Kier molecular flexibility index (Phi) is 3.52. The summed E-state index contributed by atoms with van der Waals surface area (Å²) >= 11 is 0. The average Bonchev–Trinajstić information content (AvgIpc) is 2.08. The van der Waals surface area contributed by atoms with Crippen molar-refractivity contribution >= 4 is 11.6 Å². The van der Waals surface area contributed by atoms with Gasteiger partial charge in [0.15, 0.2) is 5.96 Å². The third-order valence-corrected chi connectivity index (χ3v) is 1.90. The van der Waals surface area contributed by atoms with Gasteiger partial charge >= 0.3 is 0 Å². The predicted molar refractivity (Wildman–Crippen MR) is 66.1 cm³/mol. The van der Waals surface area contributed by atoms with Crippen LogP contribution < -0.4 is 11.1 Å². The van der Waals surface area contributed by atoms with E-state index >= 15 is 0 Å². The zero-order valence-electron chi connectivity index (χ0n) is 10.1. The molecule has 1 rings (SSSR count). The molecule has 0 aliphatic heterocycles. The average molecular weight is 223 g/mol. The summed E-state index contributed by atoms with van der Waals surface area (Å²) in [4.78, 5) is 4.22. The first-order chi connectivity index (χ1) is 7.28. The highest BCUT2D eigenvalue weighted by Gasteiger charge is 2.08. The van der Waals surface area contributed by atoms with Crippen molar-refractivity contribution in [3.63, 3.8) is 0 Å². The van der Waals surface area contributed by atoms with Crippen molar-refractivity contribution in [2.75, 3.05) is 5.32 Å². The molecule has 3 N–H and O–H groups in total. The number of hydrogen-bond donors (Lipinski definition) is 2. The van der Waals surface area contributed by atoms with Crippen LogP contribution >= 0.6 is 0 Å². The van der Waals surface area contributed by atoms with Gasteiger partial charge in [-0.15, -0.1) is 0 Å². The van der Waals surface area contributed by atoms with E-state index in [0.717, 1.165) is 0 Å². The lowest BCUT2D eigenvalue weighted by molar-refractivity contribution is 0.583. The van der Waals surface area contributed by atoms with Crippen molar-refractivity contribution in [2.45, 2.75) is 33.2 Å². The van der Waals surface area contributed by atoms with Crippen LogP contribution in [0.4, 0.5) is 10.1 Å². The van der Waals surface area contributed by atoms with Crippen molar-refractivity contribution in [1.29, 1.82) is 0 Å². The second-order valence-electron chi connectivity index (χ2n) is 4.76. The number of halogens is 1. The Balaban J connectivity index is 2.81. The Labute approximate surface area is 95.6 Å². The zero-order valence-corrected chi connectivity index (χ0v) is 10.1. The van der Waals surface area contributed by atoms with Crippen molar-refractivity contribution in [3.05, 3.63) is 29.6 Å². The van der Waals surface area contributed by atoms with Crippen LogP contribution in [0.25, 0.3) is 0 Å². The van der Waals surface area contributed by atoms with E-state index < -0.39 is 0 Å². The lowest BCUT2D eigenvalue weighted by atomic mass is 10.1. The molecule has 0 spiro atoms. The van der Waals surface area contributed by atoms with Crippen molar-refractivity contribution in [2.24, 2.45) is 10.7 Å². The molecule has 0 amide bonds. The summed E-state index contributed by atoms with van der Waals surface area (Å²) in [6.07, 6.45) is 0. The number of nitrogens with one attached hydrogen (secondary N) is 1. The number of guanidine groups is 1. The molecule has 0 unspecified atom stereocenters. The molecule has 0 saturated carbocycles. The maximum Gasteiger partial charge on any atom is 0.193 e. The van der Waals surface area contributed by atoms with E-state index in [0.29, 0.717) is 11.3 Å². The number of hydrogen-bond acceptors (Lipinski definition) is 1. The number of nitrogens with zero attached hydrogens (tertiary/aromatic N) is 1. The SMILES string of the molecule is Cc1ccc(NC(N)=NC(C)(C)C)cc1F. The standard InChI is InChI=1S/C12H18FN3/c1-8-5-6-9(7-10(8)13)15-11(14)16-12(2,3)4/h5-7H,1-4H3,(H3,14,15,16). The van der Waals surface area contributed by atoms with Crippen LogP contribution in [0.5, 0.6) is 0 Å². The molecule has 3 nitrogen and oxygen atoms in total. The molecule has 0 fully saturated rings. The van der Waals surface area contributed by atoms with Gasteiger partial charge in [-0.2, -0.15) is 0 Å². The van der Waals surface area contributed by atoms with Gasteiger partial charge in [-0.25, -0.2) is 9.38 Å². The molecule has 16 heavy (non-hydrogen) atoms. The maximum absolute atomic E-state index is 13.2. The van der Waals surface area contributed by atoms with Crippen LogP contribution in [0.1, 0.15) is 26.3 Å². The van der Waals surface area contributed by atoms with E-state index in [-0.39, 0.29) is 17.3 Å². The molecule has 0 atom stereocenters. The number of benzene rings is 1. The third-order valence-electron chi connectivity index (χ3n) is 1.90. The van der Waals surface area contributed by atoms with Crippen molar-refractivity contribution in [3.8, 4) is 0 Å². The first-order valence-corrected chi connectivity index (χ1v) is 5.16. The Morgan fingerprint density at radius 1 is 1.38 bits per heavy atom. The fraction of sp³-hybridized carbons (Fsp3) is 0.417. The van der Waals surface area contributed by atoms with Crippen LogP contribution in [0, 0.1) is 12.7 Å². The first-order valence-electron chi connectivity index (χ1n) is 5.16. The van der Waals surface area contributed by atoms with Gasteiger partial charge in [0.05, 0.1) is 5.54 Å². The minimum atomic E-state index is -0.256. The monoisotopic (exact) mass is 223 g/mol. The fourth-order valence-electron chi connectivity index (χ4n) is 1.21.